The van der Waals surface area contributed by atoms with Gasteiger partial charge in [-0.25, -0.2) is 18.1 Å². The van der Waals surface area contributed by atoms with Crippen LogP contribution in [0.2, 0.25) is 0 Å². The molecule has 1 N–H and O–H groups in total. The van der Waals surface area contributed by atoms with Gasteiger partial charge in [0, 0.05) is 12.1 Å². The Morgan fingerprint density at radius 1 is 1.23 bits per heavy atom. The molecule has 0 bridgehead atoms. The fourth-order valence-electron chi connectivity index (χ4n) is 2.75. The molecule has 0 aliphatic heterocycles. The molecule has 0 amide bonds. The second-order valence-corrected chi connectivity index (χ2v) is 7.91. The molecule has 0 aliphatic carbocycles. The molecule has 0 atom stereocenters. The van der Waals surface area contributed by atoms with Gasteiger partial charge in [-0.1, -0.05) is 30.3 Å². The van der Waals surface area contributed by atoms with Gasteiger partial charge in [-0.3, -0.25) is 0 Å². The number of benzene rings is 1. The maximum absolute atomic E-state index is 11.8. The van der Waals surface area contributed by atoms with Crippen molar-refractivity contribution in [1.82, 2.24) is 14.3 Å². The van der Waals surface area contributed by atoms with Crippen LogP contribution in [0, 0.1) is 0 Å². The summed E-state index contributed by atoms with van der Waals surface area (Å²) in [5.41, 5.74) is 3.61. The van der Waals surface area contributed by atoms with Crippen LogP contribution in [-0.4, -0.2) is 30.8 Å². The molecular weight excluding hydrogens is 350 g/mol. The minimum atomic E-state index is -3.30. The summed E-state index contributed by atoms with van der Waals surface area (Å²) in [4.78, 5) is 4.54. The van der Waals surface area contributed by atoms with Gasteiger partial charge in [-0.05, 0) is 37.8 Å². The van der Waals surface area contributed by atoms with E-state index in [1.807, 2.05) is 60.0 Å². The van der Waals surface area contributed by atoms with Crippen LogP contribution in [0.15, 0.2) is 59.5 Å². The zero-order chi connectivity index (χ0) is 18.6. The third kappa shape index (κ3) is 4.12. The summed E-state index contributed by atoms with van der Waals surface area (Å²) in [5.74, 6) is 0.715. The van der Waals surface area contributed by atoms with Crippen molar-refractivity contribution >= 4 is 21.7 Å². The fourth-order valence-corrected chi connectivity index (χ4v) is 3.39. The summed E-state index contributed by atoms with van der Waals surface area (Å²) in [5, 5.41) is 0. The van der Waals surface area contributed by atoms with Crippen molar-refractivity contribution in [1.29, 1.82) is 0 Å². The van der Waals surface area contributed by atoms with Crippen LogP contribution in [-0.2, 0) is 16.6 Å². The van der Waals surface area contributed by atoms with Crippen LogP contribution < -0.4 is 4.72 Å². The molecule has 136 valence electrons. The maximum Gasteiger partial charge on any atom is 0.213 e. The fraction of sp³-hybridized carbons (Fsp3) is 0.211. The van der Waals surface area contributed by atoms with Gasteiger partial charge in [0.2, 0.25) is 10.0 Å². The minimum Gasteiger partial charge on any atom is -0.465 e. The average Bonchev–Trinajstić information content (AvgIpc) is 3.30. The Hall–Kier alpha value is -2.64. The lowest BCUT2D eigenvalue weighted by molar-refractivity contribution is 0.557. The van der Waals surface area contributed by atoms with E-state index in [-0.39, 0.29) is 5.75 Å². The molecule has 7 heteroatoms. The van der Waals surface area contributed by atoms with Crippen molar-refractivity contribution < 1.29 is 12.8 Å². The molecule has 0 saturated carbocycles. The lowest BCUT2D eigenvalue weighted by Gasteiger charge is -2.11. The van der Waals surface area contributed by atoms with Crippen LogP contribution in [0.5, 0.6) is 0 Å². The van der Waals surface area contributed by atoms with Gasteiger partial charge in [0.1, 0.15) is 5.76 Å². The first-order valence-corrected chi connectivity index (χ1v) is 9.89. The molecule has 3 rings (SSSR count). The van der Waals surface area contributed by atoms with Gasteiger partial charge in [-0.2, -0.15) is 0 Å². The topological polar surface area (TPSA) is 77.1 Å². The number of nitrogens with one attached hydrogen (secondary N) is 1. The molecule has 0 unspecified atom stereocenters. The number of hydrogen-bond donors (Lipinski definition) is 1. The molecule has 0 spiro atoms. The van der Waals surface area contributed by atoms with Crippen molar-refractivity contribution in [3.63, 3.8) is 0 Å². The lowest BCUT2D eigenvalue weighted by atomic mass is 10.1. The summed E-state index contributed by atoms with van der Waals surface area (Å²) in [7, 11) is -1.88. The predicted molar refractivity (Wildman–Crippen MR) is 103 cm³/mol. The summed E-state index contributed by atoms with van der Waals surface area (Å²) in [6, 6.07) is 13.5. The monoisotopic (exact) mass is 371 g/mol. The number of aryl methyl sites for hydroxylation is 1. The van der Waals surface area contributed by atoms with E-state index in [0.717, 1.165) is 28.3 Å². The molecule has 0 radical (unpaired) electrons. The van der Waals surface area contributed by atoms with Crippen LogP contribution in [0.4, 0.5) is 0 Å². The van der Waals surface area contributed by atoms with E-state index in [1.54, 1.807) is 12.6 Å². The standard InChI is InChI=1S/C19H21N3O3S/c1-15(13-17-9-6-11-25-17)19-18(16-7-4-3-5-8-16)21-14-22(19)10-12-26(23,24)20-2/h3-9,11,13-14,20H,10,12H2,1-2H3/b15-13+. The highest BCUT2D eigenvalue weighted by molar-refractivity contribution is 7.89. The zero-order valence-corrected chi connectivity index (χ0v) is 15.5. The molecule has 1 aromatic carbocycles. The Kier molecular flexibility index (Phi) is 5.39. The normalized spacial score (nSPS) is 12.5. The van der Waals surface area contributed by atoms with E-state index in [0.29, 0.717) is 6.54 Å². The van der Waals surface area contributed by atoms with Crippen LogP contribution >= 0.6 is 0 Å². The van der Waals surface area contributed by atoms with Crippen molar-refractivity contribution in [2.24, 2.45) is 0 Å². The Morgan fingerprint density at radius 3 is 2.65 bits per heavy atom. The number of rotatable bonds is 7. The SMILES string of the molecule is CNS(=O)(=O)CCn1cnc(-c2ccccc2)c1/C(C)=C/c1ccco1. The number of hydrogen-bond acceptors (Lipinski definition) is 4. The van der Waals surface area contributed by atoms with Gasteiger partial charge in [0.15, 0.2) is 0 Å². The largest absolute Gasteiger partial charge is 0.465 e. The highest BCUT2D eigenvalue weighted by Crippen LogP contribution is 2.29. The quantitative estimate of drug-likeness (QED) is 0.692. The number of imidazole rings is 1. The molecule has 2 aromatic heterocycles. The zero-order valence-electron chi connectivity index (χ0n) is 14.7. The maximum atomic E-state index is 11.8. The first kappa shape index (κ1) is 18.2. The Bertz CT molecular complexity index is 988. The van der Waals surface area contributed by atoms with E-state index < -0.39 is 10.0 Å². The molecule has 0 fully saturated rings. The van der Waals surface area contributed by atoms with E-state index in [9.17, 15) is 8.42 Å². The number of aromatic nitrogens is 2. The summed E-state index contributed by atoms with van der Waals surface area (Å²) >= 11 is 0. The van der Waals surface area contributed by atoms with Crippen LogP contribution in [0.1, 0.15) is 18.4 Å². The Labute approximate surface area is 153 Å². The Balaban J connectivity index is 2.04. The molecule has 3 aromatic rings. The second-order valence-electron chi connectivity index (χ2n) is 5.87. The predicted octanol–water partition coefficient (Wildman–Crippen LogP) is 3.25. The van der Waals surface area contributed by atoms with Gasteiger partial charge in [0.25, 0.3) is 0 Å². The van der Waals surface area contributed by atoms with Gasteiger partial charge in [-0.15, -0.1) is 0 Å². The van der Waals surface area contributed by atoms with Crippen molar-refractivity contribution in [3.05, 3.63) is 66.5 Å². The number of furan rings is 1. The molecule has 26 heavy (non-hydrogen) atoms. The first-order valence-electron chi connectivity index (χ1n) is 8.24. The van der Waals surface area contributed by atoms with Gasteiger partial charge < -0.3 is 8.98 Å². The highest BCUT2D eigenvalue weighted by Gasteiger charge is 2.16. The lowest BCUT2D eigenvalue weighted by Crippen LogP contribution is -2.24. The molecule has 0 aliphatic rings. The molecule has 0 saturated heterocycles. The minimum absolute atomic E-state index is 0.0187. The second kappa shape index (κ2) is 7.72. The first-order chi connectivity index (χ1) is 12.5. The number of sulfonamides is 1. The van der Waals surface area contributed by atoms with E-state index in [4.69, 9.17) is 4.42 Å². The highest BCUT2D eigenvalue weighted by atomic mass is 32.2. The smallest absolute Gasteiger partial charge is 0.213 e. The van der Waals surface area contributed by atoms with Gasteiger partial charge in [0.05, 0.1) is 29.7 Å². The summed E-state index contributed by atoms with van der Waals surface area (Å²) in [6.07, 6.45) is 5.23. The summed E-state index contributed by atoms with van der Waals surface area (Å²) in [6.45, 7) is 2.27. The van der Waals surface area contributed by atoms with E-state index in [2.05, 4.69) is 9.71 Å². The van der Waals surface area contributed by atoms with Crippen molar-refractivity contribution in [2.75, 3.05) is 12.8 Å². The number of nitrogens with zero attached hydrogens (tertiary/aromatic N) is 2. The van der Waals surface area contributed by atoms with Crippen LogP contribution in [0.3, 0.4) is 0 Å². The number of allylic oxidation sites excluding steroid dienone is 1. The van der Waals surface area contributed by atoms with Crippen molar-refractivity contribution in [2.45, 2.75) is 13.5 Å². The molecule has 6 nitrogen and oxygen atoms in total. The molecular formula is C19H21N3O3S. The third-order valence-electron chi connectivity index (χ3n) is 4.07. The van der Waals surface area contributed by atoms with E-state index in [1.165, 1.54) is 7.05 Å². The molecule has 2 heterocycles. The van der Waals surface area contributed by atoms with Crippen molar-refractivity contribution in [3.8, 4) is 11.3 Å². The summed E-state index contributed by atoms with van der Waals surface area (Å²) < 4.78 is 33.2. The third-order valence-corrected chi connectivity index (χ3v) is 5.41. The van der Waals surface area contributed by atoms with Crippen LogP contribution in [0.25, 0.3) is 22.9 Å². The average molecular weight is 371 g/mol. The van der Waals surface area contributed by atoms with Gasteiger partial charge >= 0.3 is 0 Å². The Morgan fingerprint density at radius 2 is 2.00 bits per heavy atom. The van der Waals surface area contributed by atoms with E-state index >= 15 is 0 Å².